The van der Waals surface area contributed by atoms with E-state index in [-0.39, 0.29) is 5.91 Å². The Morgan fingerprint density at radius 2 is 2.20 bits per heavy atom. The molecule has 3 aromatic heterocycles. The van der Waals surface area contributed by atoms with Crippen molar-refractivity contribution in [2.24, 2.45) is 7.05 Å². The van der Waals surface area contributed by atoms with Gasteiger partial charge < -0.3 is 4.90 Å². The molecule has 0 aliphatic heterocycles. The molecular formula is C18H20N4OS2. The van der Waals surface area contributed by atoms with Crippen molar-refractivity contribution < 1.29 is 4.79 Å². The molecule has 5 nitrogen and oxygen atoms in total. The van der Waals surface area contributed by atoms with Crippen LogP contribution in [0.5, 0.6) is 0 Å². The summed E-state index contributed by atoms with van der Waals surface area (Å²) in [4.78, 5) is 21.8. The maximum absolute atomic E-state index is 12.8. The second-order valence-corrected chi connectivity index (χ2v) is 8.48. The molecule has 1 amide bonds. The largest absolute Gasteiger partial charge is 0.334 e. The summed E-state index contributed by atoms with van der Waals surface area (Å²) in [6.45, 7) is 0.552. The molecular weight excluding hydrogens is 352 g/mol. The Bertz CT molecular complexity index is 871. The summed E-state index contributed by atoms with van der Waals surface area (Å²) < 4.78 is 1.67. The summed E-state index contributed by atoms with van der Waals surface area (Å²) in [6.07, 6.45) is 4.70. The van der Waals surface area contributed by atoms with Gasteiger partial charge in [-0.15, -0.1) is 22.7 Å². The molecule has 0 radical (unpaired) electrons. The van der Waals surface area contributed by atoms with Gasteiger partial charge in [0.25, 0.3) is 5.91 Å². The van der Waals surface area contributed by atoms with Gasteiger partial charge >= 0.3 is 0 Å². The summed E-state index contributed by atoms with van der Waals surface area (Å²) in [5.41, 5.74) is 2.69. The highest BCUT2D eigenvalue weighted by atomic mass is 32.1. The van der Waals surface area contributed by atoms with Gasteiger partial charge in [-0.05, 0) is 43.2 Å². The van der Waals surface area contributed by atoms with E-state index in [2.05, 4.69) is 5.10 Å². The molecule has 0 saturated carbocycles. The zero-order chi connectivity index (χ0) is 17.4. The summed E-state index contributed by atoms with van der Waals surface area (Å²) in [6, 6.07) is 5.88. The minimum absolute atomic E-state index is 0.0222. The first kappa shape index (κ1) is 16.5. The molecule has 0 fully saturated rings. The highest BCUT2D eigenvalue weighted by Gasteiger charge is 2.21. The maximum Gasteiger partial charge on any atom is 0.272 e. The molecule has 4 rings (SSSR count). The molecule has 0 unspecified atom stereocenters. The van der Waals surface area contributed by atoms with Crippen molar-refractivity contribution in [1.82, 2.24) is 19.7 Å². The van der Waals surface area contributed by atoms with Crippen LogP contribution in [0, 0.1) is 0 Å². The number of thiophene rings is 1. The molecule has 0 aromatic carbocycles. The molecule has 3 heterocycles. The maximum atomic E-state index is 12.8. The standard InChI is InChI=1S/C18H20N4OS2/c1-21(11-17-19-12-6-3-4-7-16(12)25-17)18(23)14-10-13(20-22(14)2)15-8-5-9-24-15/h5,8-10H,3-4,6-7,11H2,1-2H3. The van der Waals surface area contributed by atoms with Gasteiger partial charge in [0.2, 0.25) is 0 Å². The van der Waals surface area contributed by atoms with Crippen LogP contribution in [-0.4, -0.2) is 32.6 Å². The average Bonchev–Trinajstić information content (AvgIpc) is 3.32. The third-order valence-corrected chi connectivity index (χ3v) is 6.52. The fourth-order valence-corrected chi connectivity index (χ4v) is 5.05. The van der Waals surface area contributed by atoms with E-state index >= 15 is 0 Å². The van der Waals surface area contributed by atoms with Crippen LogP contribution in [0.1, 0.15) is 38.9 Å². The zero-order valence-electron chi connectivity index (χ0n) is 14.4. The van der Waals surface area contributed by atoms with E-state index in [0.717, 1.165) is 28.4 Å². The molecule has 1 aliphatic rings. The number of aromatic nitrogens is 3. The van der Waals surface area contributed by atoms with Crippen LogP contribution >= 0.6 is 22.7 Å². The Labute approximate surface area is 154 Å². The van der Waals surface area contributed by atoms with Crippen LogP contribution < -0.4 is 0 Å². The molecule has 7 heteroatoms. The predicted molar refractivity (Wildman–Crippen MR) is 101 cm³/mol. The van der Waals surface area contributed by atoms with E-state index in [9.17, 15) is 4.79 Å². The molecule has 0 N–H and O–H groups in total. The van der Waals surface area contributed by atoms with Crippen LogP contribution in [-0.2, 0) is 26.4 Å². The summed E-state index contributed by atoms with van der Waals surface area (Å²) in [7, 11) is 3.65. The lowest BCUT2D eigenvalue weighted by molar-refractivity contribution is 0.0774. The van der Waals surface area contributed by atoms with Crippen molar-refractivity contribution in [3.63, 3.8) is 0 Å². The van der Waals surface area contributed by atoms with Crippen LogP contribution in [0.3, 0.4) is 0 Å². The molecule has 0 saturated heterocycles. The zero-order valence-corrected chi connectivity index (χ0v) is 16.0. The smallest absolute Gasteiger partial charge is 0.272 e. The number of carbonyl (C=O) groups excluding carboxylic acids is 1. The molecule has 25 heavy (non-hydrogen) atoms. The first-order chi connectivity index (χ1) is 12.1. The number of amides is 1. The van der Waals surface area contributed by atoms with Crippen LogP contribution in [0.2, 0.25) is 0 Å². The third kappa shape index (κ3) is 3.26. The Hall–Kier alpha value is -1.99. The monoisotopic (exact) mass is 372 g/mol. The highest BCUT2D eigenvalue weighted by Crippen LogP contribution is 2.28. The number of hydrogen-bond donors (Lipinski definition) is 0. The summed E-state index contributed by atoms with van der Waals surface area (Å²) in [5, 5.41) is 7.53. The van der Waals surface area contributed by atoms with E-state index < -0.39 is 0 Å². The van der Waals surface area contributed by atoms with Crippen LogP contribution in [0.15, 0.2) is 23.6 Å². The SMILES string of the molecule is CN(Cc1nc2c(s1)CCCC2)C(=O)c1cc(-c2cccs2)nn1C. The van der Waals surface area contributed by atoms with Crippen molar-refractivity contribution in [1.29, 1.82) is 0 Å². The molecule has 3 aromatic rings. The van der Waals surface area contributed by atoms with Crippen molar-refractivity contribution >= 4 is 28.6 Å². The summed E-state index contributed by atoms with van der Waals surface area (Å²) >= 11 is 3.38. The van der Waals surface area contributed by atoms with Gasteiger partial charge in [-0.25, -0.2) is 4.98 Å². The minimum atomic E-state index is -0.0222. The lowest BCUT2D eigenvalue weighted by Crippen LogP contribution is -2.28. The minimum Gasteiger partial charge on any atom is -0.334 e. The van der Waals surface area contributed by atoms with Gasteiger partial charge in [0, 0.05) is 19.0 Å². The lowest BCUT2D eigenvalue weighted by atomic mass is 10.0. The quantitative estimate of drug-likeness (QED) is 0.701. The van der Waals surface area contributed by atoms with Gasteiger partial charge in [-0.1, -0.05) is 6.07 Å². The first-order valence-corrected chi connectivity index (χ1v) is 10.1. The number of fused-ring (bicyclic) bond motifs is 1. The van der Waals surface area contributed by atoms with Crippen molar-refractivity contribution in [2.75, 3.05) is 7.05 Å². The van der Waals surface area contributed by atoms with Gasteiger partial charge in [-0.2, -0.15) is 5.10 Å². The number of nitrogens with zero attached hydrogens (tertiary/aromatic N) is 4. The average molecular weight is 373 g/mol. The van der Waals surface area contributed by atoms with Gasteiger partial charge in [-0.3, -0.25) is 9.48 Å². The first-order valence-electron chi connectivity index (χ1n) is 8.42. The van der Waals surface area contributed by atoms with E-state index in [0.29, 0.717) is 12.2 Å². The predicted octanol–water partition coefficient (Wildman–Crippen LogP) is 3.76. The second kappa shape index (κ2) is 6.72. The Morgan fingerprint density at radius 1 is 1.36 bits per heavy atom. The number of rotatable bonds is 4. The molecule has 0 bridgehead atoms. The van der Waals surface area contributed by atoms with E-state index in [1.807, 2.05) is 37.7 Å². The second-order valence-electron chi connectivity index (χ2n) is 6.36. The fraction of sp³-hybridized carbons (Fsp3) is 0.389. The number of aryl methyl sites for hydroxylation is 3. The van der Waals surface area contributed by atoms with Crippen molar-refractivity contribution in [3.8, 4) is 10.6 Å². The third-order valence-electron chi connectivity index (χ3n) is 4.48. The van der Waals surface area contributed by atoms with Gasteiger partial charge in [0.05, 0.1) is 17.1 Å². The van der Waals surface area contributed by atoms with Crippen molar-refractivity contribution in [3.05, 3.63) is 44.9 Å². The molecule has 1 aliphatic carbocycles. The Kier molecular flexibility index (Phi) is 4.43. The van der Waals surface area contributed by atoms with Gasteiger partial charge in [0.15, 0.2) is 0 Å². The fourth-order valence-electron chi connectivity index (χ4n) is 3.16. The van der Waals surface area contributed by atoms with Crippen LogP contribution in [0.4, 0.5) is 0 Å². The van der Waals surface area contributed by atoms with Gasteiger partial charge in [0.1, 0.15) is 16.4 Å². The normalized spacial score (nSPS) is 13.7. The number of hydrogen-bond acceptors (Lipinski definition) is 5. The number of carbonyl (C=O) groups is 1. The van der Waals surface area contributed by atoms with E-state index in [1.165, 1.54) is 23.4 Å². The molecule has 130 valence electrons. The van der Waals surface area contributed by atoms with E-state index in [1.54, 1.807) is 32.3 Å². The highest BCUT2D eigenvalue weighted by molar-refractivity contribution is 7.13. The number of thiazole rings is 1. The Morgan fingerprint density at radius 3 is 2.96 bits per heavy atom. The summed E-state index contributed by atoms with van der Waals surface area (Å²) in [5.74, 6) is -0.0222. The Balaban J connectivity index is 1.51. The topological polar surface area (TPSA) is 51.0 Å². The molecule has 0 spiro atoms. The van der Waals surface area contributed by atoms with Crippen LogP contribution in [0.25, 0.3) is 10.6 Å². The van der Waals surface area contributed by atoms with Crippen molar-refractivity contribution in [2.45, 2.75) is 32.2 Å². The van der Waals surface area contributed by atoms with E-state index in [4.69, 9.17) is 4.98 Å². The molecule has 0 atom stereocenters. The lowest BCUT2D eigenvalue weighted by Gasteiger charge is -2.15.